The Kier molecular flexibility index (Phi) is 5.96. The van der Waals surface area contributed by atoms with Gasteiger partial charge < -0.3 is 10.2 Å². The van der Waals surface area contributed by atoms with Gasteiger partial charge in [0.05, 0.1) is 22.5 Å². The third kappa shape index (κ3) is 4.26. The van der Waals surface area contributed by atoms with Gasteiger partial charge in [-0.25, -0.2) is 5.10 Å². The number of nitrogens with zero attached hydrogens (tertiary/aromatic N) is 4. The summed E-state index contributed by atoms with van der Waals surface area (Å²) in [5.74, 6) is 0. The molecule has 4 rings (SSSR count). The molecule has 0 unspecified atom stereocenters. The van der Waals surface area contributed by atoms with Gasteiger partial charge in [0.15, 0.2) is 0 Å². The first-order chi connectivity index (χ1) is 15.2. The smallest absolute Gasteiger partial charge is 0.272 e. The molecule has 154 valence electrons. The molecule has 1 aliphatic rings. The van der Waals surface area contributed by atoms with Gasteiger partial charge in [0.1, 0.15) is 17.7 Å². The molecule has 0 amide bonds. The van der Waals surface area contributed by atoms with E-state index in [-0.39, 0.29) is 11.1 Å². The number of rotatable bonds is 4. The molecular weight excluding hydrogens is 388 g/mol. The summed E-state index contributed by atoms with van der Waals surface area (Å²) < 4.78 is 0. The molecule has 2 N–H and O–H groups in total. The molecule has 0 aliphatic carbocycles. The van der Waals surface area contributed by atoms with Crippen LogP contribution in [0.25, 0.3) is 22.0 Å². The fraction of sp³-hybridized carbons (Fsp3) is 0.250. The molecule has 0 spiro atoms. The van der Waals surface area contributed by atoms with Crippen molar-refractivity contribution in [2.45, 2.75) is 25.7 Å². The molecule has 1 saturated heterocycles. The average molecular weight is 410 g/mol. The van der Waals surface area contributed by atoms with Crippen molar-refractivity contribution in [2.24, 2.45) is 0 Å². The van der Waals surface area contributed by atoms with Gasteiger partial charge >= 0.3 is 0 Å². The van der Waals surface area contributed by atoms with E-state index in [1.54, 1.807) is 6.07 Å². The van der Waals surface area contributed by atoms with Crippen LogP contribution in [0.3, 0.4) is 0 Å². The lowest BCUT2D eigenvalue weighted by atomic mass is 10.0. The number of benzene rings is 2. The number of nitrogens with one attached hydrogen (secondary N) is 2. The van der Waals surface area contributed by atoms with E-state index in [1.807, 2.05) is 48.5 Å². The molecule has 1 aliphatic heterocycles. The number of fused-ring (bicyclic) bond motifs is 1. The number of hydrogen-bond acceptors (Lipinski definition) is 6. The zero-order valence-corrected chi connectivity index (χ0v) is 17.1. The van der Waals surface area contributed by atoms with E-state index >= 15 is 0 Å². The lowest BCUT2D eigenvalue weighted by Gasteiger charge is -2.26. The second kappa shape index (κ2) is 9.15. The number of aromatic nitrogens is 2. The quantitative estimate of drug-likeness (QED) is 0.620. The third-order valence-electron chi connectivity index (χ3n) is 5.53. The zero-order valence-electron chi connectivity index (χ0n) is 17.1. The van der Waals surface area contributed by atoms with Gasteiger partial charge in [0, 0.05) is 30.2 Å². The van der Waals surface area contributed by atoms with Crippen LogP contribution in [0.5, 0.6) is 0 Å². The van der Waals surface area contributed by atoms with E-state index in [9.17, 15) is 4.79 Å². The van der Waals surface area contributed by atoms with Crippen LogP contribution in [0.2, 0.25) is 0 Å². The predicted molar refractivity (Wildman–Crippen MR) is 121 cm³/mol. The molecule has 31 heavy (non-hydrogen) atoms. The van der Waals surface area contributed by atoms with Gasteiger partial charge in [-0.05, 0) is 31.0 Å². The number of hydrogen-bond donors (Lipinski definition) is 2. The lowest BCUT2D eigenvalue weighted by Crippen LogP contribution is -2.24. The van der Waals surface area contributed by atoms with Gasteiger partial charge in [-0.3, -0.25) is 4.79 Å². The van der Waals surface area contributed by atoms with Gasteiger partial charge in [-0.15, -0.1) is 0 Å². The largest absolute Gasteiger partial charge is 0.370 e. The predicted octanol–water partition coefficient (Wildman–Crippen LogP) is 4.31. The maximum atomic E-state index is 12.2. The van der Waals surface area contributed by atoms with E-state index < -0.39 is 0 Å². The fourth-order valence-corrected chi connectivity index (χ4v) is 3.96. The zero-order chi connectivity index (χ0) is 21.6. The summed E-state index contributed by atoms with van der Waals surface area (Å²) >= 11 is 0. The first kappa shape index (κ1) is 20.2. The maximum Gasteiger partial charge on any atom is 0.272 e. The summed E-state index contributed by atoms with van der Waals surface area (Å²) in [5.41, 5.74) is 3.09. The van der Waals surface area contributed by atoms with Crippen molar-refractivity contribution in [3.05, 3.63) is 64.6 Å². The summed E-state index contributed by atoms with van der Waals surface area (Å²) in [6.45, 7) is 1.92. The minimum absolute atomic E-state index is 0.000152. The monoisotopic (exact) mass is 410 g/mol. The van der Waals surface area contributed by atoms with E-state index in [2.05, 4.69) is 20.4 Å². The van der Waals surface area contributed by atoms with E-state index in [0.717, 1.165) is 48.3 Å². The Balaban J connectivity index is 1.82. The normalized spacial score (nSPS) is 13.7. The van der Waals surface area contributed by atoms with Crippen molar-refractivity contribution < 1.29 is 0 Å². The molecule has 0 bridgehead atoms. The number of nitriles is 2. The minimum Gasteiger partial charge on any atom is -0.370 e. The molecule has 7 heteroatoms. The van der Waals surface area contributed by atoms with Crippen LogP contribution in [-0.4, -0.2) is 23.3 Å². The molecule has 7 nitrogen and oxygen atoms in total. The number of H-pyrrole nitrogens is 1. The van der Waals surface area contributed by atoms with Crippen molar-refractivity contribution in [3.8, 4) is 23.4 Å². The highest BCUT2D eigenvalue weighted by molar-refractivity contribution is 5.95. The topological polar surface area (TPSA) is 109 Å². The molecule has 2 aromatic carbocycles. The lowest BCUT2D eigenvalue weighted by molar-refractivity contribution is 0.726. The Hall–Kier alpha value is -4.10. The summed E-state index contributed by atoms with van der Waals surface area (Å²) in [7, 11) is 0. The second-order valence-corrected chi connectivity index (χ2v) is 7.51. The first-order valence-electron chi connectivity index (χ1n) is 10.3. The van der Waals surface area contributed by atoms with Crippen LogP contribution in [0.4, 0.5) is 11.4 Å². The fourth-order valence-electron chi connectivity index (χ4n) is 3.96. The summed E-state index contributed by atoms with van der Waals surface area (Å²) in [6, 6.07) is 17.1. The Labute approximate surface area is 180 Å². The van der Waals surface area contributed by atoms with Crippen LogP contribution in [0.15, 0.2) is 59.0 Å². The molecule has 0 atom stereocenters. The van der Waals surface area contributed by atoms with Crippen molar-refractivity contribution in [3.63, 3.8) is 0 Å². The molecular formula is C24H22N6O. The van der Waals surface area contributed by atoms with E-state index in [1.165, 1.54) is 19.0 Å². The van der Waals surface area contributed by atoms with E-state index in [0.29, 0.717) is 11.1 Å². The number of aromatic amines is 1. The standard InChI is InChI=1S/C24H22N6O/c25-14-17(15-26)16-27-21-13-18(9-10-22(21)30-11-5-1-2-6-12-30)23-19-7-3-4-8-20(19)24(31)29-28-23/h3-4,7-10,13,16,27H,1-2,5-6,11-12H2,(H,29,31). The molecule has 1 fully saturated rings. The second-order valence-electron chi connectivity index (χ2n) is 7.51. The van der Waals surface area contributed by atoms with Crippen molar-refractivity contribution in [2.75, 3.05) is 23.3 Å². The summed E-state index contributed by atoms with van der Waals surface area (Å²) in [5, 5.41) is 29.6. The van der Waals surface area contributed by atoms with Crippen LogP contribution in [0.1, 0.15) is 25.7 Å². The Morgan fingerprint density at radius 2 is 1.74 bits per heavy atom. The van der Waals surface area contributed by atoms with Gasteiger partial charge in [0.2, 0.25) is 0 Å². The third-order valence-corrected chi connectivity index (χ3v) is 5.53. The van der Waals surface area contributed by atoms with Gasteiger partial charge in [0.25, 0.3) is 5.56 Å². The van der Waals surface area contributed by atoms with Crippen molar-refractivity contribution in [1.29, 1.82) is 10.5 Å². The average Bonchev–Trinajstić information content (AvgIpc) is 3.10. The Morgan fingerprint density at radius 1 is 1.03 bits per heavy atom. The highest BCUT2D eigenvalue weighted by Gasteiger charge is 2.16. The molecule has 1 aromatic heterocycles. The van der Waals surface area contributed by atoms with Crippen LogP contribution in [0, 0.1) is 22.7 Å². The summed E-state index contributed by atoms with van der Waals surface area (Å²) in [4.78, 5) is 14.5. The van der Waals surface area contributed by atoms with Crippen LogP contribution >= 0.6 is 0 Å². The highest BCUT2D eigenvalue weighted by atomic mass is 16.1. The van der Waals surface area contributed by atoms with Gasteiger partial charge in [-0.2, -0.15) is 15.6 Å². The number of allylic oxidation sites excluding steroid dienone is 1. The molecule has 0 radical (unpaired) electrons. The molecule has 2 heterocycles. The van der Waals surface area contributed by atoms with Crippen molar-refractivity contribution in [1.82, 2.24) is 10.2 Å². The van der Waals surface area contributed by atoms with Gasteiger partial charge in [-0.1, -0.05) is 37.1 Å². The van der Waals surface area contributed by atoms with Crippen LogP contribution < -0.4 is 15.8 Å². The maximum absolute atomic E-state index is 12.2. The minimum atomic E-state index is -0.227. The van der Waals surface area contributed by atoms with Crippen molar-refractivity contribution >= 4 is 22.1 Å². The van der Waals surface area contributed by atoms with Crippen LogP contribution in [-0.2, 0) is 0 Å². The molecule has 0 saturated carbocycles. The highest BCUT2D eigenvalue weighted by Crippen LogP contribution is 2.34. The van der Waals surface area contributed by atoms with E-state index in [4.69, 9.17) is 10.5 Å². The SMILES string of the molecule is N#CC(C#N)=CNc1cc(-c2n[nH]c(=O)c3ccccc23)ccc1N1CCCCCC1. The summed E-state index contributed by atoms with van der Waals surface area (Å²) in [6.07, 6.45) is 6.13. The Morgan fingerprint density at radius 3 is 2.45 bits per heavy atom. The first-order valence-corrected chi connectivity index (χ1v) is 10.3. The Bertz CT molecular complexity index is 1250. The number of anilines is 2. The molecule has 3 aromatic rings.